The topological polar surface area (TPSA) is 63.5 Å². The molecule has 0 radical (unpaired) electrons. The lowest BCUT2D eigenvalue weighted by atomic mass is 10.1. The number of aromatic nitrogens is 2. The molecule has 0 saturated heterocycles. The zero-order valence-corrected chi connectivity index (χ0v) is 18.9. The van der Waals surface area contributed by atoms with Gasteiger partial charge in [0.05, 0.1) is 13.2 Å². The van der Waals surface area contributed by atoms with Crippen molar-refractivity contribution in [2.45, 2.75) is 46.7 Å². The molecule has 1 heterocycles. The van der Waals surface area contributed by atoms with Crippen molar-refractivity contribution in [1.29, 1.82) is 0 Å². The molecule has 0 bridgehead atoms. The average molecular weight is 485 g/mol. The quantitative estimate of drug-likeness (QED) is 0.233. The van der Waals surface area contributed by atoms with Crippen molar-refractivity contribution >= 4 is 29.9 Å². The summed E-state index contributed by atoms with van der Waals surface area (Å²) in [6.45, 7) is 10.2. The Bertz CT molecular complexity index is 673. The van der Waals surface area contributed by atoms with Crippen LogP contribution >= 0.6 is 24.0 Å². The van der Waals surface area contributed by atoms with E-state index in [1.165, 1.54) is 5.56 Å². The molecule has 0 fully saturated rings. The summed E-state index contributed by atoms with van der Waals surface area (Å²) in [5, 5.41) is 10.9. The van der Waals surface area contributed by atoms with E-state index in [-0.39, 0.29) is 24.0 Å². The summed E-state index contributed by atoms with van der Waals surface area (Å²) in [7, 11) is 0. The Morgan fingerprint density at radius 3 is 2.81 bits per heavy atom. The first-order valence-corrected chi connectivity index (χ1v) is 9.44. The Balaban J connectivity index is 0.00000364. The minimum Gasteiger partial charge on any atom is -0.493 e. The Morgan fingerprint density at radius 2 is 2.11 bits per heavy atom. The van der Waals surface area contributed by atoms with E-state index in [0.717, 1.165) is 56.4 Å². The van der Waals surface area contributed by atoms with Crippen molar-refractivity contribution in [3.63, 3.8) is 0 Å². The molecule has 1 aromatic heterocycles. The van der Waals surface area contributed by atoms with Gasteiger partial charge in [-0.2, -0.15) is 5.10 Å². The number of benzene rings is 1. The number of halogens is 1. The Morgan fingerprint density at radius 1 is 1.26 bits per heavy atom. The first kappa shape index (κ1) is 23.3. The second-order valence-electron chi connectivity index (χ2n) is 6.20. The predicted octanol–water partition coefficient (Wildman–Crippen LogP) is 3.74. The van der Waals surface area contributed by atoms with Crippen molar-refractivity contribution in [3.05, 3.63) is 47.8 Å². The molecule has 27 heavy (non-hydrogen) atoms. The van der Waals surface area contributed by atoms with Crippen LogP contribution in [-0.2, 0) is 13.1 Å². The van der Waals surface area contributed by atoms with Gasteiger partial charge in [0.2, 0.25) is 0 Å². The van der Waals surface area contributed by atoms with Gasteiger partial charge in [-0.3, -0.25) is 4.68 Å². The standard InChI is InChI=1S/C20H31N5O.HI/c1-4-14-26-19-15-17(3)8-9-18(19)16-23-20(21-5-2)22-10-6-12-25-13-7-11-24-25;/h7-9,11,13,15H,4-6,10,12,14,16H2,1-3H3,(H2,21,22,23);1H. The van der Waals surface area contributed by atoms with Crippen LogP contribution in [0.25, 0.3) is 0 Å². The van der Waals surface area contributed by atoms with Crippen molar-refractivity contribution in [2.24, 2.45) is 4.99 Å². The summed E-state index contributed by atoms with van der Waals surface area (Å²) in [6, 6.07) is 8.24. The van der Waals surface area contributed by atoms with E-state index in [9.17, 15) is 0 Å². The number of aliphatic imine (C=N–C) groups is 1. The van der Waals surface area contributed by atoms with E-state index in [0.29, 0.717) is 6.54 Å². The third-order valence-electron chi connectivity index (χ3n) is 3.85. The number of ether oxygens (including phenoxy) is 1. The van der Waals surface area contributed by atoms with E-state index >= 15 is 0 Å². The smallest absolute Gasteiger partial charge is 0.191 e. The summed E-state index contributed by atoms with van der Waals surface area (Å²) < 4.78 is 7.82. The number of aryl methyl sites for hydroxylation is 2. The Labute approximate surface area is 179 Å². The predicted molar refractivity (Wildman–Crippen MR) is 122 cm³/mol. The highest BCUT2D eigenvalue weighted by Crippen LogP contribution is 2.21. The zero-order valence-electron chi connectivity index (χ0n) is 16.6. The fraction of sp³-hybridized carbons (Fsp3) is 0.500. The van der Waals surface area contributed by atoms with Crippen LogP contribution < -0.4 is 15.4 Å². The van der Waals surface area contributed by atoms with Crippen LogP contribution in [0, 0.1) is 6.92 Å². The van der Waals surface area contributed by atoms with Gasteiger partial charge in [-0.1, -0.05) is 19.1 Å². The highest BCUT2D eigenvalue weighted by Gasteiger charge is 2.05. The van der Waals surface area contributed by atoms with Crippen LogP contribution in [-0.4, -0.2) is 35.4 Å². The second kappa shape index (κ2) is 13.4. The van der Waals surface area contributed by atoms with Gasteiger partial charge in [-0.15, -0.1) is 24.0 Å². The number of hydrogen-bond donors (Lipinski definition) is 2. The third-order valence-corrected chi connectivity index (χ3v) is 3.85. The van der Waals surface area contributed by atoms with Gasteiger partial charge < -0.3 is 15.4 Å². The lowest BCUT2D eigenvalue weighted by Gasteiger charge is -2.13. The summed E-state index contributed by atoms with van der Waals surface area (Å²) in [5.74, 6) is 1.76. The van der Waals surface area contributed by atoms with E-state index < -0.39 is 0 Å². The molecule has 2 N–H and O–H groups in total. The van der Waals surface area contributed by atoms with Gasteiger partial charge in [-0.05, 0) is 44.4 Å². The lowest BCUT2D eigenvalue weighted by molar-refractivity contribution is 0.314. The lowest BCUT2D eigenvalue weighted by Crippen LogP contribution is -2.38. The first-order chi connectivity index (χ1) is 12.7. The third kappa shape index (κ3) is 8.64. The number of hydrogen-bond acceptors (Lipinski definition) is 3. The van der Waals surface area contributed by atoms with Gasteiger partial charge >= 0.3 is 0 Å². The maximum atomic E-state index is 5.88. The summed E-state index contributed by atoms with van der Waals surface area (Å²) >= 11 is 0. The number of nitrogens with one attached hydrogen (secondary N) is 2. The van der Waals surface area contributed by atoms with E-state index in [1.807, 2.05) is 16.9 Å². The van der Waals surface area contributed by atoms with E-state index in [1.54, 1.807) is 6.20 Å². The highest BCUT2D eigenvalue weighted by atomic mass is 127. The molecule has 2 rings (SSSR count). The normalized spacial score (nSPS) is 11.0. The van der Waals surface area contributed by atoms with Gasteiger partial charge in [0.25, 0.3) is 0 Å². The monoisotopic (exact) mass is 485 g/mol. The molecule has 0 aliphatic carbocycles. The molecule has 0 atom stereocenters. The molecular formula is C20H32IN5O. The molecular weight excluding hydrogens is 453 g/mol. The van der Waals surface area contributed by atoms with Crippen LogP contribution in [0.15, 0.2) is 41.7 Å². The first-order valence-electron chi connectivity index (χ1n) is 9.44. The van der Waals surface area contributed by atoms with Gasteiger partial charge in [0.15, 0.2) is 5.96 Å². The molecule has 6 nitrogen and oxygen atoms in total. The van der Waals surface area contributed by atoms with Crippen molar-refractivity contribution in [1.82, 2.24) is 20.4 Å². The Kier molecular flexibility index (Phi) is 11.6. The van der Waals surface area contributed by atoms with E-state index in [4.69, 9.17) is 9.73 Å². The SMILES string of the molecule is CCCOc1cc(C)ccc1CN=C(NCC)NCCCn1cccn1.I. The summed E-state index contributed by atoms with van der Waals surface area (Å²) in [4.78, 5) is 4.71. The number of guanidine groups is 1. The summed E-state index contributed by atoms with van der Waals surface area (Å²) in [6.07, 6.45) is 5.77. The fourth-order valence-electron chi connectivity index (χ4n) is 2.53. The van der Waals surface area contributed by atoms with Gasteiger partial charge in [-0.25, -0.2) is 4.99 Å². The van der Waals surface area contributed by atoms with E-state index in [2.05, 4.69) is 54.7 Å². The van der Waals surface area contributed by atoms with Crippen LogP contribution in [0.2, 0.25) is 0 Å². The maximum absolute atomic E-state index is 5.88. The maximum Gasteiger partial charge on any atom is 0.191 e. The largest absolute Gasteiger partial charge is 0.493 e. The van der Waals surface area contributed by atoms with Crippen LogP contribution in [0.5, 0.6) is 5.75 Å². The molecule has 150 valence electrons. The summed E-state index contributed by atoms with van der Waals surface area (Å²) in [5.41, 5.74) is 2.31. The van der Waals surface area contributed by atoms with Crippen LogP contribution in [0.1, 0.15) is 37.8 Å². The van der Waals surface area contributed by atoms with Gasteiger partial charge in [0.1, 0.15) is 5.75 Å². The molecule has 0 amide bonds. The molecule has 0 saturated carbocycles. The zero-order chi connectivity index (χ0) is 18.6. The second-order valence-corrected chi connectivity index (χ2v) is 6.20. The van der Waals surface area contributed by atoms with Crippen molar-refractivity contribution in [3.8, 4) is 5.75 Å². The molecule has 2 aromatic rings. The van der Waals surface area contributed by atoms with Crippen LogP contribution in [0.4, 0.5) is 0 Å². The number of rotatable bonds is 10. The molecule has 0 aliphatic heterocycles. The minimum atomic E-state index is 0. The molecule has 7 heteroatoms. The number of nitrogens with zero attached hydrogens (tertiary/aromatic N) is 3. The highest BCUT2D eigenvalue weighted by molar-refractivity contribution is 14.0. The van der Waals surface area contributed by atoms with Crippen LogP contribution in [0.3, 0.4) is 0 Å². The Hall–Kier alpha value is -1.77. The molecule has 0 aliphatic rings. The van der Waals surface area contributed by atoms with Crippen molar-refractivity contribution in [2.75, 3.05) is 19.7 Å². The molecule has 0 unspecified atom stereocenters. The fourth-order valence-corrected chi connectivity index (χ4v) is 2.53. The van der Waals surface area contributed by atoms with Gasteiger partial charge in [0, 0.05) is 37.6 Å². The minimum absolute atomic E-state index is 0. The molecule has 0 spiro atoms. The average Bonchev–Trinajstić information content (AvgIpc) is 3.15. The molecule has 1 aromatic carbocycles. The van der Waals surface area contributed by atoms with Crippen molar-refractivity contribution < 1.29 is 4.74 Å².